The maximum atomic E-state index is 13.0. The van der Waals surface area contributed by atoms with Crippen LogP contribution in [0.25, 0.3) is 0 Å². The van der Waals surface area contributed by atoms with Gasteiger partial charge in [-0.15, -0.1) is 0 Å². The standard InChI is InChI=1S/C33H41ClN6O7/c1-20(35)40-27-11-10-23(45-2)18-25(27)30(21-6-8-22(34)9-7-21)39-26(32(40)36)19-29(42)37-12-14-46-16-17-47-15-13-38-33(44)24-4-3-5-28(41)31(24)43/h3-11,18,20,26,32,41,43H,12-17,19,35-36H2,1-2H3,(H,37,42)(H,38,44)/t20?,26-,32?/m0/s1. The second-order valence-electron chi connectivity index (χ2n) is 10.8. The summed E-state index contributed by atoms with van der Waals surface area (Å²) in [4.78, 5) is 32.0. The van der Waals surface area contributed by atoms with Crippen molar-refractivity contribution in [1.82, 2.24) is 10.6 Å². The summed E-state index contributed by atoms with van der Waals surface area (Å²) < 4.78 is 16.5. The molecule has 14 heteroatoms. The second-order valence-corrected chi connectivity index (χ2v) is 11.2. The molecule has 0 fully saturated rings. The van der Waals surface area contributed by atoms with Gasteiger partial charge in [0.2, 0.25) is 5.91 Å². The first-order valence-corrected chi connectivity index (χ1v) is 15.5. The number of phenolic OH excluding ortho intramolecular Hbond substituents is 2. The summed E-state index contributed by atoms with van der Waals surface area (Å²) in [5.74, 6) is -0.972. The number of nitrogens with one attached hydrogen (secondary N) is 2. The second kappa shape index (κ2) is 17.0. The molecule has 3 atom stereocenters. The Morgan fingerprint density at radius 1 is 1.00 bits per heavy atom. The maximum absolute atomic E-state index is 13.0. The molecule has 2 unspecified atom stereocenters. The van der Waals surface area contributed by atoms with E-state index in [1.165, 1.54) is 18.2 Å². The van der Waals surface area contributed by atoms with E-state index in [0.29, 0.717) is 16.5 Å². The van der Waals surface area contributed by atoms with Crippen LogP contribution < -0.4 is 31.7 Å². The average Bonchev–Trinajstić information content (AvgIpc) is 3.17. The molecular weight excluding hydrogens is 628 g/mol. The molecule has 0 saturated heterocycles. The fourth-order valence-electron chi connectivity index (χ4n) is 5.10. The lowest BCUT2D eigenvalue weighted by Gasteiger charge is -2.36. The van der Waals surface area contributed by atoms with E-state index >= 15 is 0 Å². The van der Waals surface area contributed by atoms with Gasteiger partial charge < -0.3 is 51.4 Å². The predicted octanol–water partition coefficient (Wildman–Crippen LogP) is 2.34. The number of nitrogens with two attached hydrogens (primary N) is 2. The Bertz CT molecular complexity index is 1550. The van der Waals surface area contributed by atoms with Crippen LogP contribution in [0.15, 0.2) is 65.7 Å². The molecule has 1 aliphatic heterocycles. The van der Waals surface area contributed by atoms with Crippen molar-refractivity contribution in [3.63, 3.8) is 0 Å². The number of para-hydroxylation sites is 1. The van der Waals surface area contributed by atoms with Crippen molar-refractivity contribution < 1.29 is 34.0 Å². The van der Waals surface area contributed by atoms with Crippen molar-refractivity contribution in [2.24, 2.45) is 16.5 Å². The van der Waals surface area contributed by atoms with E-state index in [2.05, 4.69) is 10.6 Å². The SMILES string of the molecule is COc1ccc2c(c1)C(c1ccc(Cl)cc1)=N[C@@H](CC(=O)NCCOCCOCCNC(=O)c1cccc(O)c1O)C(N)N2C(C)N. The number of amides is 2. The maximum Gasteiger partial charge on any atom is 0.255 e. The largest absolute Gasteiger partial charge is 0.504 e. The van der Waals surface area contributed by atoms with Gasteiger partial charge in [-0.1, -0.05) is 29.8 Å². The van der Waals surface area contributed by atoms with Crippen molar-refractivity contribution in [2.45, 2.75) is 31.7 Å². The molecule has 0 saturated carbocycles. The van der Waals surface area contributed by atoms with Gasteiger partial charge in [-0.05, 0) is 49.4 Å². The highest BCUT2D eigenvalue weighted by atomic mass is 35.5. The minimum Gasteiger partial charge on any atom is -0.504 e. The molecule has 3 aromatic carbocycles. The number of nitrogens with zero attached hydrogens (tertiary/aromatic N) is 2. The third-order valence-electron chi connectivity index (χ3n) is 7.43. The number of methoxy groups -OCH3 is 1. The normalized spacial score (nSPS) is 16.4. The molecule has 0 aromatic heterocycles. The fraction of sp³-hybridized carbons (Fsp3) is 0.364. The van der Waals surface area contributed by atoms with Gasteiger partial charge in [0.05, 0.1) is 63.4 Å². The van der Waals surface area contributed by atoms with E-state index in [1.54, 1.807) is 19.2 Å². The zero-order chi connectivity index (χ0) is 33.9. The van der Waals surface area contributed by atoms with Crippen LogP contribution in [0.4, 0.5) is 5.69 Å². The van der Waals surface area contributed by atoms with Gasteiger partial charge >= 0.3 is 0 Å². The number of fused-ring (bicyclic) bond motifs is 1. The van der Waals surface area contributed by atoms with Crippen molar-refractivity contribution >= 4 is 34.8 Å². The van der Waals surface area contributed by atoms with Crippen LogP contribution in [0.5, 0.6) is 17.2 Å². The number of halogens is 1. The summed E-state index contributed by atoms with van der Waals surface area (Å²) in [6, 6.07) is 16.4. The summed E-state index contributed by atoms with van der Waals surface area (Å²) in [6.45, 7) is 3.35. The third-order valence-corrected chi connectivity index (χ3v) is 7.68. The molecule has 4 rings (SSSR count). The number of ether oxygens (including phenoxy) is 3. The van der Waals surface area contributed by atoms with Crippen LogP contribution in [0, 0.1) is 0 Å². The number of hydrogen-bond donors (Lipinski definition) is 6. The lowest BCUT2D eigenvalue weighted by molar-refractivity contribution is -0.121. The number of aliphatic imine (C=N–C) groups is 1. The molecule has 13 nitrogen and oxygen atoms in total. The topological polar surface area (TPSA) is 194 Å². The molecule has 1 heterocycles. The Kier molecular flexibility index (Phi) is 12.8. The number of aromatic hydroxyl groups is 2. The Morgan fingerprint density at radius 2 is 1.68 bits per heavy atom. The Morgan fingerprint density at radius 3 is 2.34 bits per heavy atom. The first kappa shape index (κ1) is 35.5. The van der Waals surface area contributed by atoms with Crippen LogP contribution in [0.2, 0.25) is 5.02 Å². The number of benzodiazepines with no additional fused rings is 1. The molecule has 8 N–H and O–H groups in total. The molecule has 47 heavy (non-hydrogen) atoms. The van der Waals surface area contributed by atoms with Gasteiger partial charge in [0, 0.05) is 34.9 Å². The zero-order valence-corrected chi connectivity index (χ0v) is 27.1. The average molecular weight is 669 g/mol. The van der Waals surface area contributed by atoms with Crippen LogP contribution in [0.1, 0.15) is 34.8 Å². The van der Waals surface area contributed by atoms with Crippen molar-refractivity contribution in [2.75, 3.05) is 51.5 Å². The molecule has 0 spiro atoms. The van der Waals surface area contributed by atoms with Gasteiger partial charge in [0.15, 0.2) is 11.5 Å². The summed E-state index contributed by atoms with van der Waals surface area (Å²) in [5, 5.41) is 25.4. The van der Waals surface area contributed by atoms with E-state index in [4.69, 9.17) is 42.3 Å². The summed E-state index contributed by atoms with van der Waals surface area (Å²) >= 11 is 6.16. The minimum atomic E-state index is -0.693. The van der Waals surface area contributed by atoms with Crippen LogP contribution in [-0.2, 0) is 14.3 Å². The molecule has 3 aromatic rings. The van der Waals surface area contributed by atoms with Crippen LogP contribution in [0.3, 0.4) is 0 Å². The number of anilines is 1. The van der Waals surface area contributed by atoms with Crippen LogP contribution in [-0.4, -0.2) is 92.7 Å². The lowest BCUT2D eigenvalue weighted by atomic mass is 9.99. The van der Waals surface area contributed by atoms with Gasteiger partial charge in [0.1, 0.15) is 11.9 Å². The minimum absolute atomic E-state index is 0.0157. The third kappa shape index (κ3) is 9.33. The molecule has 252 valence electrons. The molecule has 0 radical (unpaired) electrons. The highest BCUT2D eigenvalue weighted by Gasteiger charge is 2.34. The van der Waals surface area contributed by atoms with E-state index in [-0.39, 0.29) is 63.2 Å². The molecule has 1 aliphatic rings. The van der Waals surface area contributed by atoms with Gasteiger partial charge in [-0.25, -0.2) is 0 Å². The summed E-state index contributed by atoms with van der Waals surface area (Å²) in [6.07, 6.45) is -1.15. The number of carbonyl (C=O) groups is 2. The number of carbonyl (C=O) groups excluding carboxylic acids is 2. The van der Waals surface area contributed by atoms with Crippen molar-refractivity contribution in [3.05, 3.63) is 82.4 Å². The summed E-state index contributed by atoms with van der Waals surface area (Å²) in [5.41, 5.74) is 16.1. The number of rotatable bonds is 15. The van der Waals surface area contributed by atoms with E-state index in [1.807, 2.05) is 42.2 Å². The van der Waals surface area contributed by atoms with Gasteiger partial charge in [0.25, 0.3) is 5.91 Å². The smallest absolute Gasteiger partial charge is 0.255 e. The van der Waals surface area contributed by atoms with Crippen molar-refractivity contribution in [3.8, 4) is 17.2 Å². The first-order valence-electron chi connectivity index (χ1n) is 15.1. The zero-order valence-electron chi connectivity index (χ0n) is 26.3. The van der Waals surface area contributed by atoms with E-state index < -0.39 is 30.0 Å². The molecule has 0 aliphatic carbocycles. The van der Waals surface area contributed by atoms with E-state index in [0.717, 1.165) is 16.8 Å². The predicted molar refractivity (Wildman–Crippen MR) is 179 cm³/mol. The molecule has 0 bridgehead atoms. The lowest BCUT2D eigenvalue weighted by Crippen LogP contribution is -2.56. The van der Waals surface area contributed by atoms with E-state index in [9.17, 15) is 19.8 Å². The van der Waals surface area contributed by atoms with Crippen LogP contribution >= 0.6 is 11.6 Å². The molecule has 2 amide bonds. The highest BCUT2D eigenvalue weighted by Crippen LogP contribution is 2.34. The highest BCUT2D eigenvalue weighted by molar-refractivity contribution is 6.30. The Labute approximate surface area is 278 Å². The first-order chi connectivity index (χ1) is 22.6. The van der Waals surface area contributed by atoms with Crippen molar-refractivity contribution in [1.29, 1.82) is 0 Å². The number of benzene rings is 3. The van der Waals surface area contributed by atoms with Gasteiger partial charge in [-0.2, -0.15) is 0 Å². The van der Waals surface area contributed by atoms with Gasteiger partial charge in [-0.3, -0.25) is 14.6 Å². The Balaban J connectivity index is 1.27. The fourth-order valence-corrected chi connectivity index (χ4v) is 5.23. The number of hydrogen-bond acceptors (Lipinski definition) is 11. The monoisotopic (exact) mass is 668 g/mol. The molecular formula is C33H41ClN6O7. The Hall–Kier alpha value is -4.40. The quantitative estimate of drug-likeness (QED) is 0.103. The number of phenols is 2. The summed E-state index contributed by atoms with van der Waals surface area (Å²) in [7, 11) is 1.59.